The zero-order valence-corrected chi connectivity index (χ0v) is 15.4. The van der Waals surface area contributed by atoms with Gasteiger partial charge in [0.25, 0.3) is 0 Å². The number of alkyl carbamates (subject to hydrolysis) is 1. The Morgan fingerprint density at radius 1 is 1.22 bits per heavy atom. The number of benzene rings is 2. The number of likely N-dealkylation sites (N-methyl/N-ethyl adjacent to an activating group) is 1. The molecule has 1 unspecified atom stereocenters. The van der Waals surface area contributed by atoms with Crippen molar-refractivity contribution >= 4 is 16.9 Å². The molecule has 27 heavy (non-hydrogen) atoms. The Balaban J connectivity index is 1.42. The van der Waals surface area contributed by atoms with Crippen LogP contribution in [0.15, 0.2) is 42.5 Å². The Bertz CT molecular complexity index is 741. The van der Waals surface area contributed by atoms with Gasteiger partial charge in [-0.05, 0) is 23.4 Å². The Labute approximate surface area is 158 Å². The minimum atomic E-state index is -0.869. The number of hydrogen-bond acceptors (Lipinski definition) is 6. The van der Waals surface area contributed by atoms with Crippen LogP contribution in [0.1, 0.15) is 17.9 Å². The fraction of sp³-hybridized carbons (Fsp3) is 0.450. The molecule has 0 saturated carbocycles. The van der Waals surface area contributed by atoms with E-state index in [4.69, 9.17) is 14.2 Å². The van der Waals surface area contributed by atoms with Gasteiger partial charge in [0.05, 0.1) is 13.2 Å². The van der Waals surface area contributed by atoms with E-state index in [9.17, 15) is 9.90 Å². The molecule has 3 rings (SSSR count). The summed E-state index contributed by atoms with van der Waals surface area (Å²) in [7, 11) is 1.58. The Hall–Kier alpha value is -2.19. The lowest BCUT2D eigenvalue weighted by molar-refractivity contribution is -0.188. The van der Waals surface area contributed by atoms with E-state index in [1.54, 1.807) is 7.05 Å². The molecule has 1 saturated heterocycles. The molecule has 3 N–H and O–H groups in total. The second-order valence-electron chi connectivity index (χ2n) is 6.48. The van der Waals surface area contributed by atoms with Gasteiger partial charge < -0.3 is 24.6 Å². The van der Waals surface area contributed by atoms with Gasteiger partial charge in [-0.15, -0.1) is 0 Å². The predicted octanol–water partition coefficient (Wildman–Crippen LogP) is 1.95. The van der Waals surface area contributed by atoms with Crippen LogP contribution in [-0.4, -0.2) is 57.1 Å². The van der Waals surface area contributed by atoms with Gasteiger partial charge in [-0.25, -0.2) is 4.79 Å². The van der Waals surface area contributed by atoms with Crippen molar-refractivity contribution in [1.82, 2.24) is 10.6 Å². The van der Waals surface area contributed by atoms with E-state index in [2.05, 4.69) is 41.0 Å². The fourth-order valence-corrected chi connectivity index (χ4v) is 3.08. The van der Waals surface area contributed by atoms with Crippen LogP contribution in [0.3, 0.4) is 0 Å². The quantitative estimate of drug-likeness (QED) is 0.642. The molecule has 0 spiro atoms. The van der Waals surface area contributed by atoms with Crippen molar-refractivity contribution in [3.8, 4) is 0 Å². The standard InChI is InChI=1S/C20H26N2O5/c1-21-18(23)13-27-20(24)22-10-9-19-25-11-15(12-26-19)17-8-4-6-14-5-2-3-7-16(14)17/h2-8,15,18-19,21,23H,9-13H2,1H3,(H,22,24). The Kier molecular flexibility index (Phi) is 7.00. The minimum absolute atomic E-state index is 0.106. The van der Waals surface area contributed by atoms with Gasteiger partial charge in [0, 0.05) is 18.9 Å². The van der Waals surface area contributed by atoms with Crippen LogP contribution >= 0.6 is 0 Å². The molecular weight excluding hydrogens is 348 g/mol. The van der Waals surface area contributed by atoms with Crippen molar-refractivity contribution in [2.24, 2.45) is 0 Å². The molecule has 7 heteroatoms. The molecule has 0 aliphatic carbocycles. The molecule has 7 nitrogen and oxygen atoms in total. The summed E-state index contributed by atoms with van der Waals surface area (Å²) in [5.74, 6) is 0.188. The summed E-state index contributed by atoms with van der Waals surface area (Å²) in [6.07, 6.45) is -1.26. The third kappa shape index (κ3) is 5.40. The number of hydrogen-bond donors (Lipinski definition) is 3. The van der Waals surface area contributed by atoms with Gasteiger partial charge in [-0.2, -0.15) is 0 Å². The van der Waals surface area contributed by atoms with Crippen LogP contribution in [0.4, 0.5) is 4.79 Å². The molecule has 1 heterocycles. The monoisotopic (exact) mass is 374 g/mol. The maximum atomic E-state index is 11.5. The van der Waals surface area contributed by atoms with Gasteiger partial charge in [0.2, 0.25) is 0 Å². The number of aliphatic hydroxyl groups excluding tert-OH is 1. The molecular formula is C20H26N2O5. The lowest BCUT2D eigenvalue weighted by Gasteiger charge is -2.30. The van der Waals surface area contributed by atoms with Crippen LogP contribution in [0.5, 0.6) is 0 Å². The van der Waals surface area contributed by atoms with Gasteiger partial charge in [0.15, 0.2) is 6.29 Å². The topological polar surface area (TPSA) is 89.0 Å². The van der Waals surface area contributed by atoms with E-state index in [1.807, 2.05) is 12.1 Å². The van der Waals surface area contributed by atoms with E-state index >= 15 is 0 Å². The largest absolute Gasteiger partial charge is 0.445 e. The highest BCUT2D eigenvalue weighted by atomic mass is 16.7. The highest BCUT2D eigenvalue weighted by Gasteiger charge is 2.24. The van der Waals surface area contributed by atoms with Gasteiger partial charge >= 0.3 is 6.09 Å². The molecule has 146 valence electrons. The van der Waals surface area contributed by atoms with Crippen molar-refractivity contribution in [2.45, 2.75) is 24.9 Å². The van der Waals surface area contributed by atoms with Gasteiger partial charge in [-0.3, -0.25) is 5.32 Å². The molecule has 1 atom stereocenters. The average molecular weight is 374 g/mol. The van der Waals surface area contributed by atoms with Crippen molar-refractivity contribution in [2.75, 3.05) is 33.4 Å². The number of aliphatic hydroxyl groups is 1. The van der Waals surface area contributed by atoms with E-state index < -0.39 is 12.3 Å². The lowest BCUT2D eigenvalue weighted by Crippen LogP contribution is -2.36. The summed E-state index contributed by atoms with van der Waals surface area (Å²) < 4.78 is 16.5. The number of ether oxygens (including phenoxy) is 3. The van der Waals surface area contributed by atoms with Gasteiger partial charge in [0.1, 0.15) is 12.8 Å². The molecule has 1 aliphatic rings. The molecule has 1 fully saturated rings. The van der Waals surface area contributed by atoms with Crippen molar-refractivity contribution in [3.05, 3.63) is 48.0 Å². The SMILES string of the molecule is CNC(O)COC(=O)NCCC1OCC(c2cccc3ccccc23)CO1. The Morgan fingerprint density at radius 3 is 2.74 bits per heavy atom. The van der Waals surface area contributed by atoms with E-state index in [0.717, 1.165) is 0 Å². The van der Waals surface area contributed by atoms with Gasteiger partial charge in [-0.1, -0.05) is 42.5 Å². The molecule has 1 amide bonds. The first kappa shape index (κ1) is 19.6. The smallest absolute Gasteiger partial charge is 0.407 e. The fourth-order valence-electron chi connectivity index (χ4n) is 3.08. The van der Waals surface area contributed by atoms with Crippen molar-refractivity contribution in [3.63, 3.8) is 0 Å². The molecule has 2 aromatic rings. The first-order valence-electron chi connectivity index (χ1n) is 9.14. The zero-order chi connectivity index (χ0) is 19.1. The minimum Gasteiger partial charge on any atom is -0.445 e. The number of nitrogens with one attached hydrogen (secondary N) is 2. The third-order valence-corrected chi connectivity index (χ3v) is 4.58. The summed E-state index contributed by atoms with van der Waals surface area (Å²) in [6.45, 7) is 1.43. The van der Waals surface area contributed by atoms with Crippen LogP contribution in [0.25, 0.3) is 10.8 Å². The summed E-state index contributed by atoms with van der Waals surface area (Å²) in [5, 5.41) is 16.9. The number of carbonyl (C=O) groups is 1. The first-order chi connectivity index (χ1) is 13.2. The van der Waals surface area contributed by atoms with E-state index in [1.165, 1.54) is 16.3 Å². The zero-order valence-electron chi connectivity index (χ0n) is 15.4. The maximum Gasteiger partial charge on any atom is 0.407 e. The van der Waals surface area contributed by atoms with Crippen LogP contribution in [0.2, 0.25) is 0 Å². The highest BCUT2D eigenvalue weighted by Crippen LogP contribution is 2.29. The molecule has 0 bridgehead atoms. The summed E-state index contributed by atoms with van der Waals surface area (Å²) in [4.78, 5) is 11.5. The van der Waals surface area contributed by atoms with Crippen molar-refractivity contribution < 1.29 is 24.1 Å². The summed E-state index contributed by atoms with van der Waals surface area (Å²) >= 11 is 0. The maximum absolute atomic E-state index is 11.5. The van der Waals surface area contributed by atoms with E-state index in [-0.39, 0.29) is 18.8 Å². The number of fused-ring (bicyclic) bond motifs is 1. The number of rotatable bonds is 7. The first-order valence-corrected chi connectivity index (χ1v) is 9.14. The highest BCUT2D eigenvalue weighted by molar-refractivity contribution is 5.86. The second kappa shape index (κ2) is 9.66. The van der Waals surface area contributed by atoms with Crippen LogP contribution in [0, 0.1) is 0 Å². The van der Waals surface area contributed by atoms with Crippen molar-refractivity contribution in [1.29, 1.82) is 0 Å². The number of amides is 1. The molecule has 0 radical (unpaired) electrons. The average Bonchev–Trinajstić information content (AvgIpc) is 2.72. The summed E-state index contributed by atoms with van der Waals surface area (Å²) in [5.41, 5.74) is 1.23. The molecule has 0 aromatic heterocycles. The predicted molar refractivity (Wildman–Crippen MR) is 101 cm³/mol. The third-order valence-electron chi connectivity index (χ3n) is 4.58. The molecule has 2 aromatic carbocycles. The normalized spacial score (nSPS) is 21.0. The second-order valence-corrected chi connectivity index (χ2v) is 6.48. The van der Waals surface area contributed by atoms with Crippen LogP contribution < -0.4 is 10.6 Å². The lowest BCUT2D eigenvalue weighted by atomic mass is 9.94. The van der Waals surface area contributed by atoms with Crippen LogP contribution in [-0.2, 0) is 14.2 Å². The molecule has 1 aliphatic heterocycles. The number of carbonyl (C=O) groups excluding carboxylic acids is 1. The van der Waals surface area contributed by atoms with E-state index in [0.29, 0.717) is 26.2 Å². The Morgan fingerprint density at radius 2 is 1.96 bits per heavy atom. The summed E-state index contributed by atoms with van der Waals surface area (Å²) in [6, 6.07) is 14.6.